The number of nitro benzene ring substituents is 1. The minimum Gasteiger partial charge on any atom is -0.351 e. The average molecular weight is 233 g/mol. The molecule has 0 aromatic heterocycles. The monoisotopic (exact) mass is 233 g/mol. The molecule has 0 heterocycles. The van der Waals surface area contributed by atoms with Gasteiger partial charge in [0.1, 0.15) is 5.56 Å². The van der Waals surface area contributed by atoms with Gasteiger partial charge in [0.25, 0.3) is 11.6 Å². The van der Waals surface area contributed by atoms with Crippen LogP contribution in [0.25, 0.3) is 0 Å². The number of carbonyl (C=O) groups is 1. The number of nitro groups is 1. The number of nitrogens with zero attached hydrogens (tertiary/aromatic N) is 2. The van der Waals surface area contributed by atoms with Crippen LogP contribution in [0.3, 0.4) is 0 Å². The number of para-hydroxylation sites is 1. The number of amides is 1. The molecule has 0 saturated carbocycles. The van der Waals surface area contributed by atoms with Gasteiger partial charge in [0.05, 0.1) is 17.4 Å². The summed E-state index contributed by atoms with van der Waals surface area (Å²) in [5.74, 6) is -0.532. The lowest BCUT2D eigenvalue weighted by atomic mass is 10.1. The van der Waals surface area contributed by atoms with Crippen LogP contribution in [0.4, 0.5) is 5.69 Å². The van der Waals surface area contributed by atoms with E-state index >= 15 is 0 Å². The van der Waals surface area contributed by atoms with E-state index in [9.17, 15) is 14.9 Å². The van der Waals surface area contributed by atoms with Crippen molar-refractivity contribution in [1.82, 2.24) is 5.32 Å². The van der Waals surface area contributed by atoms with Gasteiger partial charge < -0.3 is 5.32 Å². The van der Waals surface area contributed by atoms with Gasteiger partial charge in [0.2, 0.25) is 0 Å². The van der Waals surface area contributed by atoms with Crippen LogP contribution in [0.5, 0.6) is 0 Å². The maximum Gasteiger partial charge on any atom is 0.285 e. The van der Waals surface area contributed by atoms with E-state index in [-0.39, 0.29) is 24.2 Å². The number of rotatable bonds is 4. The van der Waals surface area contributed by atoms with Gasteiger partial charge in [-0.1, -0.05) is 12.1 Å². The SMILES string of the molecule is Cc1cccc(C(=O)NCCC#N)c1[N+](=O)[O-]. The maximum absolute atomic E-state index is 11.7. The fraction of sp³-hybridized carbons (Fsp3) is 0.273. The molecule has 0 spiro atoms. The molecule has 0 fully saturated rings. The molecule has 1 aromatic carbocycles. The lowest BCUT2D eigenvalue weighted by Crippen LogP contribution is -2.25. The highest BCUT2D eigenvalue weighted by Crippen LogP contribution is 2.22. The molecule has 0 aliphatic rings. The second-order valence-corrected chi connectivity index (χ2v) is 3.39. The van der Waals surface area contributed by atoms with Gasteiger partial charge in [-0.2, -0.15) is 5.26 Å². The standard InChI is InChI=1S/C11H11N3O3/c1-8-4-2-5-9(10(8)14(16)17)11(15)13-7-3-6-12/h2,4-5H,3,7H2,1H3,(H,13,15). The molecule has 17 heavy (non-hydrogen) atoms. The zero-order valence-corrected chi connectivity index (χ0v) is 9.27. The Balaban J connectivity index is 2.98. The Morgan fingerprint density at radius 3 is 2.88 bits per heavy atom. The molecule has 1 rings (SSSR count). The van der Waals surface area contributed by atoms with Crippen molar-refractivity contribution in [1.29, 1.82) is 5.26 Å². The Labute approximate surface area is 98.0 Å². The molecular weight excluding hydrogens is 222 g/mol. The fourth-order valence-corrected chi connectivity index (χ4v) is 1.41. The minimum absolute atomic E-state index is 0.0212. The van der Waals surface area contributed by atoms with E-state index in [4.69, 9.17) is 5.26 Å². The van der Waals surface area contributed by atoms with E-state index in [1.807, 2.05) is 6.07 Å². The molecule has 88 valence electrons. The molecule has 1 N–H and O–H groups in total. The Hall–Kier alpha value is -2.42. The number of hydrogen-bond donors (Lipinski definition) is 1. The van der Waals surface area contributed by atoms with Crippen molar-refractivity contribution >= 4 is 11.6 Å². The third kappa shape index (κ3) is 3.01. The van der Waals surface area contributed by atoms with E-state index in [1.165, 1.54) is 6.07 Å². The predicted molar refractivity (Wildman–Crippen MR) is 60.4 cm³/mol. The molecule has 0 atom stereocenters. The first-order chi connectivity index (χ1) is 8.07. The smallest absolute Gasteiger partial charge is 0.285 e. The lowest BCUT2D eigenvalue weighted by Gasteiger charge is -2.05. The van der Waals surface area contributed by atoms with Gasteiger partial charge >= 0.3 is 0 Å². The van der Waals surface area contributed by atoms with Crippen molar-refractivity contribution in [2.75, 3.05) is 6.54 Å². The highest BCUT2D eigenvalue weighted by molar-refractivity contribution is 5.98. The van der Waals surface area contributed by atoms with E-state index in [0.717, 1.165) is 0 Å². The average Bonchev–Trinajstić information content (AvgIpc) is 2.28. The number of aryl methyl sites for hydroxylation is 1. The Kier molecular flexibility index (Phi) is 4.17. The second kappa shape index (κ2) is 5.61. The molecular formula is C11H11N3O3. The summed E-state index contributed by atoms with van der Waals surface area (Å²) in [4.78, 5) is 21.9. The van der Waals surface area contributed by atoms with Crippen LogP contribution in [0.2, 0.25) is 0 Å². The highest BCUT2D eigenvalue weighted by atomic mass is 16.6. The molecule has 0 aliphatic carbocycles. The summed E-state index contributed by atoms with van der Waals surface area (Å²) in [7, 11) is 0. The normalized spacial score (nSPS) is 9.41. The summed E-state index contributed by atoms with van der Waals surface area (Å²) in [6.45, 7) is 1.75. The molecule has 6 heteroatoms. The summed E-state index contributed by atoms with van der Waals surface area (Å²) in [6, 6.07) is 6.43. The van der Waals surface area contributed by atoms with E-state index in [1.54, 1.807) is 19.1 Å². The minimum atomic E-state index is -0.575. The maximum atomic E-state index is 11.7. The zero-order valence-electron chi connectivity index (χ0n) is 9.27. The van der Waals surface area contributed by atoms with E-state index in [2.05, 4.69) is 5.32 Å². The van der Waals surface area contributed by atoms with Crippen molar-refractivity contribution in [2.24, 2.45) is 0 Å². The summed E-state index contributed by atoms with van der Waals surface area (Å²) in [5, 5.41) is 21.6. The third-order valence-corrected chi connectivity index (χ3v) is 2.19. The highest BCUT2D eigenvalue weighted by Gasteiger charge is 2.21. The molecule has 0 radical (unpaired) electrons. The zero-order chi connectivity index (χ0) is 12.8. The topological polar surface area (TPSA) is 96.0 Å². The Morgan fingerprint density at radius 2 is 2.29 bits per heavy atom. The van der Waals surface area contributed by atoms with Crippen LogP contribution in [-0.4, -0.2) is 17.4 Å². The Bertz CT molecular complexity index is 491. The van der Waals surface area contributed by atoms with E-state index < -0.39 is 10.8 Å². The number of nitriles is 1. The summed E-state index contributed by atoms with van der Waals surface area (Å²) in [5.41, 5.74) is 0.262. The van der Waals surface area contributed by atoms with Gasteiger partial charge in [-0.3, -0.25) is 14.9 Å². The largest absolute Gasteiger partial charge is 0.351 e. The second-order valence-electron chi connectivity index (χ2n) is 3.39. The summed E-state index contributed by atoms with van der Waals surface area (Å²) in [6.07, 6.45) is 0.172. The quantitative estimate of drug-likeness (QED) is 0.484. The van der Waals surface area contributed by atoms with Crippen LogP contribution in [-0.2, 0) is 0 Å². The van der Waals surface area contributed by atoms with Crippen LogP contribution >= 0.6 is 0 Å². The van der Waals surface area contributed by atoms with Crippen LogP contribution in [0, 0.1) is 28.4 Å². The predicted octanol–water partition coefficient (Wildman–Crippen LogP) is 1.55. The number of hydrogen-bond acceptors (Lipinski definition) is 4. The van der Waals surface area contributed by atoms with Gasteiger partial charge in [0, 0.05) is 12.1 Å². The lowest BCUT2D eigenvalue weighted by molar-refractivity contribution is -0.385. The number of benzene rings is 1. The molecule has 0 saturated heterocycles. The van der Waals surface area contributed by atoms with Gasteiger partial charge in [-0.15, -0.1) is 0 Å². The summed E-state index contributed by atoms with van der Waals surface area (Å²) >= 11 is 0. The van der Waals surface area contributed by atoms with Crippen molar-refractivity contribution in [3.63, 3.8) is 0 Å². The van der Waals surface area contributed by atoms with Gasteiger partial charge in [0.15, 0.2) is 0 Å². The third-order valence-electron chi connectivity index (χ3n) is 2.19. The molecule has 6 nitrogen and oxygen atoms in total. The van der Waals surface area contributed by atoms with Crippen LogP contribution in [0.1, 0.15) is 22.3 Å². The van der Waals surface area contributed by atoms with Crippen molar-refractivity contribution in [3.05, 3.63) is 39.4 Å². The molecule has 0 aliphatic heterocycles. The molecule has 0 bridgehead atoms. The van der Waals surface area contributed by atoms with Crippen molar-refractivity contribution in [3.8, 4) is 6.07 Å². The van der Waals surface area contributed by atoms with Gasteiger partial charge in [-0.05, 0) is 13.0 Å². The fourth-order valence-electron chi connectivity index (χ4n) is 1.41. The van der Waals surface area contributed by atoms with Crippen LogP contribution in [0.15, 0.2) is 18.2 Å². The van der Waals surface area contributed by atoms with Crippen LogP contribution < -0.4 is 5.32 Å². The van der Waals surface area contributed by atoms with E-state index in [0.29, 0.717) is 5.56 Å². The summed E-state index contributed by atoms with van der Waals surface area (Å²) < 4.78 is 0. The first kappa shape index (κ1) is 12.6. The Morgan fingerprint density at radius 1 is 1.59 bits per heavy atom. The molecule has 1 amide bonds. The van der Waals surface area contributed by atoms with Crippen molar-refractivity contribution in [2.45, 2.75) is 13.3 Å². The first-order valence-electron chi connectivity index (χ1n) is 4.97. The van der Waals surface area contributed by atoms with Gasteiger partial charge in [-0.25, -0.2) is 0 Å². The number of nitrogens with one attached hydrogen (secondary N) is 1. The van der Waals surface area contributed by atoms with Crippen molar-refractivity contribution < 1.29 is 9.72 Å². The molecule has 1 aromatic rings. The molecule has 0 unspecified atom stereocenters. The number of carbonyl (C=O) groups excluding carboxylic acids is 1. The first-order valence-corrected chi connectivity index (χ1v) is 4.97.